The molecule has 0 radical (unpaired) electrons. The van der Waals surface area contributed by atoms with Crippen molar-refractivity contribution in [2.75, 3.05) is 17.1 Å². The third kappa shape index (κ3) is 5.33. The Morgan fingerprint density at radius 2 is 2.09 bits per heavy atom. The third-order valence-corrected chi connectivity index (χ3v) is 4.63. The van der Waals surface area contributed by atoms with Crippen LogP contribution in [0.5, 0.6) is 0 Å². The third-order valence-electron chi connectivity index (χ3n) is 3.00. The topological polar surface area (TPSA) is 79.4 Å². The van der Waals surface area contributed by atoms with Crippen LogP contribution in [-0.2, 0) is 21.4 Å². The molecule has 0 spiro atoms. The Bertz CT molecular complexity index is 782. The highest BCUT2D eigenvalue weighted by Crippen LogP contribution is 2.21. The van der Waals surface area contributed by atoms with Crippen molar-refractivity contribution in [3.05, 3.63) is 58.8 Å². The van der Waals surface area contributed by atoms with Gasteiger partial charge in [0.15, 0.2) is 0 Å². The maximum Gasteiger partial charge on any atom is 0.241 e. The highest BCUT2D eigenvalue weighted by molar-refractivity contribution is 9.10. The lowest BCUT2D eigenvalue weighted by atomic mass is 10.3. The lowest BCUT2D eigenvalue weighted by Crippen LogP contribution is -2.40. The van der Waals surface area contributed by atoms with Crippen molar-refractivity contribution >= 4 is 37.5 Å². The van der Waals surface area contributed by atoms with Gasteiger partial charge in [-0.3, -0.25) is 14.1 Å². The van der Waals surface area contributed by atoms with Crippen LogP contribution in [-0.4, -0.2) is 32.1 Å². The minimum absolute atomic E-state index is 0.282. The predicted octanol–water partition coefficient (Wildman–Crippen LogP) is 1.93. The van der Waals surface area contributed by atoms with Gasteiger partial charge in [0.25, 0.3) is 0 Å². The van der Waals surface area contributed by atoms with Crippen LogP contribution < -0.4 is 9.62 Å². The maximum absolute atomic E-state index is 12.1. The molecule has 0 aliphatic rings. The van der Waals surface area contributed by atoms with Crippen LogP contribution >= 0.6 is 15.9 Å². The summed E-state index contributed by atoms with van der Waals surface area (Å²) >= 11 is 3.30. The number of benzene rings is 1. The molecule has 1 aromatic carbocycles. The van der Waals surface area contributed by atoms with E-state index in [0.717, 1.165) is 20.6 Å². The van der Waals surface area contributed by atoms with Crippen molar-refractivity contribution in [1.29, 1.82) is 0 Å². The maximum atomic E-state index is 12.1. The smallest absolute Gasteiger partial charge is 0.241 e. The second-order valence-corrected chi connectivity index (χ2v) is 7.71. The number of anilines is 1. The molecule has 122 valence electrons. The second-order valence-electron chi connectivity index (χ2n) is 4.89. The summed E-state index contributed by atoms with van der Waals surface area (Å²) in [7, 11) is -3.57. The number of hydrogen-bond donors (Lipinski definition) is 1. The van der Waals surface area contributed by atoms with E-state index in [1.54, 1.807) is 42.7 Å². The number of nitrogens with one attached hydrogen (secondary N) is 1. The minimum Gasteiger partial charge on any atom is -0.350 e. The van der Waals surface area contributed by atoms with E-state index < -0.39 is 10.0 Å². The zero-order chi connectivity index (χ0) is 16.9. The number of rotatable bonds is 6. The summed E-state index contributed by atoms with van der Waals surface area (Å²) in [6.45, 7) is 0.0122. The molecular weight excluding hydrogens is 382 g/mol. The van der Waals surface area contributed by atoms with Gasteiger partial charge in [-0.1, -0.05) is 28.1 Å². The van der Waals surface area contributed by atoms with E-state index in [9.17, 15) is 13.2 Å². The molecule has 0 saturated heterocycles. The van der Waals surface area contributed by atoms with Gasteiger partial charge in [-0.05, 0) is 29.8 Å². The molecule has 0 bridgehead atoms. The molecule has 23 heavy (non-hydrogen) atoms. The van der Waals surface area contributed by atoms with Crippen LogP contribution in [0.4, 0.5) is 5.69 Å². The number of hydrogen-bond acceptors (Lipinski definition) is 4. The zero-order valence-corrected chi connectivity index (χ0v) is 14.8. The van der Waals surface area contributed by atoms with Gasteiger partial charge in [-0.15, -0.1) is 0 Å². The predicted molar refractivity (Wildman–Crippen MR) is 92.4 cm³/mol. The van der Waals surface area contributed by atoms with Gasteiger partial charge in [0.1, 0.15) is 6.54 Å². The summed E-state index contributed by atoms with van der Waals surface area (Å²) in [4.78, 5) is 16.0. The molecule has 0 aliphatic carbocycles. The van der Waals surface area contributed by atoms with Crippen molar-refractivity contribution < 1.29 is 13.2 Å². The molecule has 1 heterocycles. The first-order valence-corrected chi connectivity index (χ1v) is 9.39. The minimum atomic E-state index is -3.57. The van der Waals surface area contributed by atoms with Gasteiger partial charge in [-0.2, -0.15) is 0 Å². The average Bonchev–Trinajstić information content (AvgIpc) is 2.50. The van der Waals surface area contributed by atoms with E-state index in [1.807, 2.05) is 6.07 Å². The number of aromatic nitrogens is 1. The van der Waals surface area contributed by atoms with Crippen LogP contribution in [0.25, 0.3) is 0 Å². The molecule has 0 fully saturated rings. The van der Waals surface area contributed by atoms with Crippen LogP contribution in [0, 0.1) is 0 Å². The summed E-state index contributed by atoms with van der Waals surface area (Å²) in [6, 6.07) is 10.4. The average molecular weight is 398 g/mol. The molecule has 0 saturated carbocycles. The normalized spacial score (nSPS) is 11.0. The fourth-order valence-corrected chi connectivity index (χ4v) is 3.16. The molecule has 1 aromatic heterocycles. The standard InChI is InChI=1S/C15H16BrN3O3S/c1-23(21,22)19(14-6-2-5-13(16)8-14)11-15(20)18-10-12-4-3-7-17-9-12/h2-9H,10-11H2,1H3,(H,18,20). The lowest BCUT2D eigenvalue weighted by molar-refractivity contribution is -0.119. The molecule has 0 aliphatic heterocycles. The molecule has 1 N–H and O–H groups in total. The Labute approximate surface area is 143 Å². The second kappa shape index (κ2) is 7.56. The Hall–Kier alpha value is -1.93. The first-order chi connectivity index (χ1) is 10.9. The summed E-state index contributed by atoms with van der Waals surface area (Å²) in [5.74, 6) is -0.390. The van der Waals surface area contributed by atoms with E-state index in [0.29, 0.717) is 12.2 Å². The first-order valence-electron chi connectivity index (χ1n) is 6.75. The van der Waals surface area contributed by atoms with Gasteiger partial charge in [-0.25, -0.2) is 8.42 Å². The van der Waals surface area contributed by atoms with Crippen molar-refractivity contribution in [1.82, 2.24) is 10.3 Å². The van der Waals surface area contributed by atoms with Gasteiger partial charge < -0.3 is 5.32 Å². The Kier molecular flexibility index (Phi) is 5.73. The molecule has 2 aromatic rings. The SMILES string of the molecule is CS(=O)(=O)N(CC(=O)NCc1cccnc1)c1cccc(Br)c1. The number of sulfonamides is 1. The Morgan fingerprint density at radius 3 is 2.70 bits per heavy atom. The van der Waals surface area contributed by atoms with Crippen molar-refractivity contribution in [3.63, 3.8) is 0 Å². The van der Waals surface area contributed by atoms with Crippen LogP contribution in [0.1, 0.15) is 5.56 Å². The van der Waals surface area contributed by atoms with Crippen molar-refractivity contribution in [2.45, 2.75) is 6.54 Å². The van der Waals surface area contributed by atoms with Gasteiger partial charge in [0, 0.05) is 23.4 Å². The molecule has 0 unspecified atom stereocenters. The van der Waals surface area contributed by atoms with E-state index in [4.69, 9.17) is 0 Å². The number of nitrogens with zero attached hydrogens (tertiary/aromatic N) is 2. The van der Waals surface area contributed by atoms with Gasteiger partial charge in [0.2, 0.25) is 15.9 Å². The molecular formula is C15H16BrN3O3S. The van der Waals surface area contributed by atoms with Crippen LogP contribution in [0.2, 0.25) is 0 Å². The fraction of sp³-hybridized carbons (Fsp3) is 0.200. The largest absolute Gasteiger partial charge is 0.350 e. The van der Waals surface area contributed by atoms with Gasteiger partial charge in [0.05, 0.1) is 11.9 Å². The van der Waals surface area contributed by atoms with Crippen LogP contribution in [0.3, 0.4) is 0 Å². The summed E-state index contributed by atoms with van der Waals surface area (Å²) < 4.78 is 25.7. The Balaban J connectivity index is 2.08. The van der Waals surface area contributed by atoms with Gasteiger partial charge >= 0.3 is 0 Å². The highest BCUT2D eigenvalue weighted by atomic mass is 79.9. The molecule has 6 nitrogen and oxygen atoms in total. The fourth-order valence-electron chi connectivity index (χ4n) is 1.92. The quantitative estimate of drug-likeness (QED) is 0.807. The first kappa shape index (κ1) is 17.4. The summed E-state index contributed by atoms with van der Waals surface area (Å²) in [5.41, 5.74) is 1.27. The van der Waals surface area contributed by atoms with E-state index >= 15 is 0 Å². The van der Waals surface area contributed by atoms with Crippen molar-refractivity contribution in [3.8, 4) is 0 Å². The van der Waals surface area contributed by atoms with E-state index in [2.05, 4.69) is 26.2 Å². The van der Waals surface area contributed by atoms with E-state index in [1.165, 1.54) is 0 Å². The molecule has 8 heteroatoms. The number of pyridine rings is 1. The number of amides is 1. The van der Waals surface area contributed by atoms with Crippen molar-refractivity contribution in [2.24, 2.45) is 0 Å². The monoisotopic (exact) mass is 397 g/mol. The molecule has 1 amide bonds. The van der Waals surface area contributed by atoms with Crippen LogP contribution in [0.15, 0.2) is 53.3 Å². The Morgan fingerprint density at radius 1 is 1.30 bits per heavy atom. The lowest BCUT2D eigenvalue weighted by Gasteiger charge is -2.22. The highest BCUT2D eigenvalue weighted by Gasteiger charge is 2.20. The number of carbonyl (C=O) groups is 1. The summed E-state index contributed by atoms with van der Waals surface area (Å²) in [6.07, 6.45) is 4.36. The van der Waals surface area contributed by atoms with E-state index in [-0.39, 0.29) is 12.5 Å². The zero-order valence-electron chi connectivity index (χ0n) is 12.4. The number of halogens is 1. The molecule has 2 rings (SSSR count). The number of carbonyl (C=O) groups excluding carboxylic acids is 1. The summed E-state index contributed by atoms with van der Waals surface area (Å²) in [5, 5.41) is 2.69. The molecule has 0 atom stereocenters.